The Kier molecular flexibility index (Phi) is 9.12. The van der Waals surface area contributed by atoms with E-state index in [-0.39, 0.29) is 0 Å². The van der Waals surface area contributed by atoms with Crippen LogP contribution in [0.15, 0.2) is 58.7 Å². The van der Waals surface area contributed by atoms with Crippen molar-refractivity contribution in [1.82, 2.24) is 4.98 Å². The van der Waals surface area contributed by atoms with Gasteiger partial charge in [0.05, 0.1) is 12.2 Å². The highest BCUT2D eigenvalue weighted by atomic mass is 16.5. The zero-order valence-corrected chi connectivity index (χ0v) is 19.8. The Morgan fingerprint density at radius 3 is 2.62 bits per heavy atom. The standard InChI is InChI=1S/C26H29N3O.C2H6/c1-19-14-26(22-5-3-4-21(15-22)23-8-11-28-17-23)29-18-25(19)24(16-27-2)7-6-20-9-12-30-13-10-20;1-2/h3-5,7-8,14-18,20H,6,9-13H2,1-2H3;1-2H3/b24-7+,27-16?;. The largest absolute Gasteiger partial charge is 0.381 e. The van der Waals surface area contributed by atoms with Crippen LogP contribution in [0.1, 0.15) is 49.8 Å². The molecule has 2 aliphatic heterocycles. The lowest BCUT2D eigenvalue weighted by molar-refractivity contribution is 0.0673. The van der Waals surface area contributed by atoms with Crippen molar-refractivity contribution in [2.45, 2.75) is 40.0 Å². The highest BCUT2D eigenvalue weighted by Crippen LogP contribution is 2.27. The number of ether oxygens (including phenoxy) is 1. The van der Waals surface area contributed by atoms with Gasteiger partial charge in [0.2, 0.25) is 0 Å². The van der Waals surface area contributed by atoms with Gasteiger partial charge in [-0.3, -0.25) is 15.0 Å². The van der Waals surface area contributed by atoms with E-state index in [1.54, 1.807) is 0 Å². The van der Waals surface area contributed by atoms with E-state index in [2.05, 4.69) is 59.4 Å². The number of pyridine rings is 1. The third-order valence-corrected chi connectivity index (χ3v) is 5.84. The van der Waals surface area contributed by atoms with Crippen molar-refractivity contribution < 1.29 is 4.74 Å². The molecule has 3 heterocycles. The summed E-state index contributed by atoms with van der Waals surface area (Å²) >= 11 is 0. The maximum absolute atomic E-state index is 5.49. The lowest BCUT2D eigenvalue weighted by Crippen LogP contribution is -2.15. The lowest BCUT2D eigenvalue weighted by atomic mass is 9.93. The molecule has 0 aliphatic carbocycles. The van der Waals surface area contributed by atoms with Gasteiger partial charge in [0.25, 0.3) is 0 Å². The van der Waals surface area contributed by atoms with Crippen LogP contribution in [0, 0.1) is 12.8 Å². The minimum atomic E-state index is 0.697. The molecule has 0 radical (unpaired) electrons. The van der Waals surface area contributed by atoms with Crippen molar-refractivity contribution in [3.63, 3.8) is 0 Å². The Morgan fingerprint density at radius 1 is 1.16 bits per heavy atom. The first kappa shape index (κ1) is 23.8. The second-order valence-electron chi connectivity index (χ2n) is 7.96. The molecule has 0 saturated carbocycles. The summed E-state index contributed by atoms with van der Waals surface area (Å²) in [5.41, 5.74) is 8.01. The first-order chi connectivity index (χ1) is 15.7. The molecule has 32 heavy (non-hydrogen) atoms. The molecular weight excluding hydrogens is 394 g/mol. The number of aliphatic imine (C=N–C) groups is 2. The van der Waals surface area contributed by atoms with E-state index in [1.165, 1.54) is 16.7 Å². The molecule has 2 aromatic rings. The molecule has 0 atom stereocenters. The van der Waals surface area contributed by atoms with E-state index in [0.717, 1.165) is 61.4 Å². The van der Waals surface area contributed by atoms with Gasteiger partial charge in [0.1, 0.15) is 0 Å². The smallest absolute Gasteiger partial charge is 0.0705 e. The number of aromatic nitrogens is 1. The van der Waals surface area contributed by atoms with E-state index in [4.69, 9.17) is 9.72 Å². The second-order valence-corrected chi connectivity index (χ2v) is 7.96. The van der Waals surface area contributed by atoms with Crippen molar-refractivity contribution in [2.75, 3.05) is 26.8 Å². The highest BCUT2D eigenvalue weighted by Gasteiger charge is 2.14. The number of nitrogens with zero attached hydrogens (tertiary/aromatic N) is 3. The fraction of sp³-hybridized carbons (Fsp3) is 0.393. The van der Waals surface area contributed by atoms with Crippen LogP contribution in [0.3, 0.4) is 0 Å². The van der Waals surface area contributed by atoms with Crippen molar-refractivity contribution in [1.29, 1.82) is 0 Å². The lowest BCUT2D eigenvalue weighted by Gasteiger charge is -2.20. The molecule has 1 fully saturated rings. The van der Waals surface area contributed by atoms with Crippen LogP contribution in [0.2, 0.25) is 0 Å². The van der Waals surface area contributed by atoms with Gasteiger partial charge in [-0.15, -0.1) is 0 Å². The van der Waals surface area contributed by atoms with Gasteiger partial charge in [-0.25, -0.2) is 0 Å². The van der Waals surface area contributed by atoms with Gasteiger partial charge >= 0.3 is 0 Å². The second kappa shape index (κ2) is 12.3. The summed E-state index contributed by atoms with van der Waals surface area (Å²) in [7, 11) is 1.83. The van der Waals surface area contributed by atoms with Crippen LogP contribution in [0.25, 0.3) is 22.4 Å². The molecule has 1 aromatic carbocycles. The summed E-state index contributed by atoms with van der Waals surface area (Å²) in [5.74, 6) is 0.697. The minimum Gasteiger partial charge on any atom is -0.381 e. The Hall–Kier alpha value is -2.85. The van der Waals surface area contributed by atoms with Crippen LogP contribution in [-0.2, 0) is 4.74 Å². The molecule has 0 bridgehead atoms. The fourth-order valence-corrected chi connectivity index (χ4v) is 4.07. The predicted octanol–water partition coefficient (Wildman–Crippen LogP) is 6.45. The van der Waals surface area contributed by atoms with Crippen molar-refractivity contribution in [3.8, 4) is 11.3 Å². The summed E-state index contributed by atoms with van der Waals surface area (Å²) < 4.78 is 5.49. The zero-order valence-electron chi connectivity index (χ0n) is 19.8. The summed E-state index contributed by atoms with van der Waals surface area (Å²) in [6.07, 6.45) is 13.7. The van der Waals surface area contributed by atoms with Crippen LogP contribution >= 0.6 is 0 Å². The van der Waals surface area contributed by atoms with Gasteiger partial charge in [-0.05, 0) is 66.5 Å². The van der Waals surface area contributed by atoms with Gasteiger partial charge in [0, 0.05) is 50.0 Å². The quantitative estimate of drug-likeness (QED) is 0.495. The van der Waals surface area contributed by atoms with Crippen molar-refractivity contribution >= 4 is 23.6 Å². The minimum absolute atomic E-state index is 0.697. The highest BCUT2D eigenvalue weighted by molar-refractivity contribution is 6.12. The van der Waals surface area contributed by atoms with E-state index in [9.17, 15) is 0 Å². The molecule has 0 spiro atoms. The number of aryl methyl sites for hydroxylation is 1. The average Bonchev–Trinajstić information content (AvgIpc) is 3.39. The predicted molar refractivity (Wildman–Crippen MR) is 138 cm³/mol. The Morgan fingerprint density at radius 2 is 1.94 bits per heavy atom. The van der Waals surface area contributed by atoms with E-state index in [1.807, 2.05) is 39.5 Å². The SMILES string of the molecule is CC.CN=C/C(=C\CC1CCOCC1)c1cnc(-c2cccc(C3=CCN=C3)c2)cc1C. The molecule has 0 unspecified atom stereocenters. The van der Waals surface area contributed by atoms with Gasteiger partial charge in [-0.1, -0.05) is 44.2 Å². The van der Waals surface area contributed by atoms with Crippen LogP contribution in [0.5, 0.6) is 0 Å². The Labute approximate surface area is 192 Å². The van der Waals surface area contributed by atoms with Gasteiger partial charge in [-0.2, -0.15) is 0 Å². The summed E-state index contributed by atoms with van der Waals surface area (Å²) in [6, 6.07) is 10.7. The number of benzene rings is 1. The van der Waals surface area contributed by atoms with Crippen LogP contribution in [-0.4, -0.2) is 44.2 Å². The topological polar surface area (TPSA) is 46.8 Å². The molecule has 1 saturated heterocycles. The van der Waals surface area contributed by atoms with Crippen LogP contribution < -0.4 is 0 Å². The molecule has 4 rings (SSSR count). The summed E-state index contributed by atoms with van der Waals surface area (Å²) in [6.45, 7) is 8.69. The van der Waals surface area contributed by atoms with Gasteiger partial charge in [0.15, 0.2) is 0 Å². The maximum atomic E-state index is 5.49. The summed E-state index contributed by atoms with van der Waals surface area (Å²) in [5, 5.41) is 0. The number of hydrogen-bond acceptors (Lipinski definition) is 4. The molecule has 168 valence electrons. The monoisotopic (exact) mass is 429 g/mol. The molecule has 0 N–H and O–H groups in total. The molecule has 4 heteroatoms. The van der Waals surface area contributed by atoms with Crippen molar-refractivity contribution in [2.24, 2.45) is 15.9 Å². The first-order valence-electron chi connectivity index (χ1n) is 11.7. The number of allylic oxidation sites excluding steroid dienone is 3. The molecule has 4 nitrogen and oxygen atoms in total. The molecule has 1 aromatic heterocycles. The maximum Gasteiger partial charge on any atom is 0.0705 e. The third kappa shape index (κ3) is 6.10. The zero-order chi connectivity index (χ0) is 22.8. The molecule has 2 aliphatic rings. The van der Waals surface area contributed by atoms with E-state index < -0.39 is 0 Å². The molecular formula is C28H35N3O. The van der Waals surface area contributed by atoms with Gasteiger partial charge < -0.3 is 4.74 Å². The van der Waals surface area contributed by atoms with E-state index >= 15 is 0 Å². The first-order valence-corrected chi connectivity index (χ1v) is 11.7. The fourth-order valence-electron chi connectivity index (χ4n) is 4.07. The number of hydrogen-bond donors (Lipinski definition) is 0. The normalized spacial score (nSPS) is 16.8. The Balaban J connectivity index is 0.00000141. The Bertz CT molecular complexity index is 1010. The molecule has 0 amide bonds. The van der Waals surface area contributed by atoms with Crippen LogP contribution in [0.4, 0.5) is 0 Å². The van der Waals surface area contributed by atoms with E-state index in [0.29, 0.717) is 5.92 Å². The average molecular weight is 430 g/mol. The number of rotatable bonds is 6. The third-order valence-electron chi connectivity index (χ3n) is 5.84. The van der Waals surface area contributed by atoms with Crippen molar-refractivity contribution in [3.05, 3.63) is 65.4 Å². The summed E-state index contributed by atoms with van der Waals surface area (Å²) in [4.78, 5) is 13.4.